The van der Waals surface area contributed by atoms with E-state index >= 15 is 0 Å². The van der Waals surface area contributed by atoms with Gasteiger partial charge in [0.15, 0.2) is 5.13 Å². The van der Waals surface area contributed by atoms with Gasteiger partial charge < -0.3 is 20.7 Å². The number of nitrogen functional groups attached to an aromatic ring is 1. The molecule has 5 aromatic rings. The highest BCUT2D eigenvalue weighted by molar-refractivity contribution is 7.15. The van der Waals surface area contributed by atoms with Crippen LogP contribution in [0.2, 0.25) is 0 Å². The van der Waals surface area contributed by atoms with E-state index in [2.05, 4.69) is 10.3 Å². The summed E-state index contributed by atoms with van der Waals surface area (Å²) < 4.78 is 0. The molecule has 0 fully saturated rings. The molecule has 1 aliphatic heterocycles. The van der Waals surface area contributed by atoms with Crippen LogP contribution in [-0.2, 0) is 11.2 Å². The number of nitrogens with zero attached hydrogens (tertiary/aromatic N) is 2. The molecule has 4 aromatic carbocycles. The molecule has 0 atom stereocenters. The third kappa shape index (κ3) is 6.71. The van der Waals surface area contributed by atoms with E-state index in [4.69, 9.17) is 5.73 Å². The van der Waals surface area contributed by atoms with E-state index in [0.29, 0.717) is 41.3 Å². The van der Waals surface area contributed by atoms with Crippen molar-refractivity contribution in [2.45, 2.75) is 26.7 Å². The van der Waals surface area contributed by atoms with Crippen molar-refractivity contribution >= 4 is 45.4 Å². The van der Waals surface area contributed by atoms with Gasteiger partial charge in [0, 0.05) is 46.6 Å². The number of fused-ring (bicyclic) bond motifs is 3. The van der Waals surface area contributed by atoms with Crippen molar-refractivity contribution in [1.82, 2.24) is 4.98 Å². The first-order chi connectivity index (χ1) is 20.9. The highest BCUT2D eigenvalue weighted by Crippen LogP contribution is 2.39. The van der Waals surface area contributed by atoms with Gasteiger partial charge in [0.1, 0.15) is 5.78 Å². The quantitative estimate of drug-likeness (QED) is 0.221. The summed E-state index contributed by atoms with van der Waals surface area (Å²) in [7, 11) is 0. The Bertz CT molecular complexity index is 1760. The molecule has 216 valence electrons. The van der Waals surface area contributed by atoms with E-state index in [-0.39, 0.29) is 17.6 Å². The highest BCUT2D eigenvalue weighted by Gasteiger charge is 2.27. The number of carbonyl (C=O) groups excluding carboxylic acids is 3. The second kappa shape index (κ2) is 13.3. The van der Waals surface area contributed by atoms with Gasteiger partial charge in [-0.25, -0.2) is 4.98 Å². The zero-order valence-corrected chi connectivity index (χ0v) is 24.9. The molecule has 6 rings (SSSR count). The number of amides is 2. The fourth-order valence-corrected chi connectivity index (χ4v) is 5.64. The summed E-state index contributed by atoms with van der Waals surface area (Å²) in [6.07, 6.45) is 1.35. The predicted molar refractivity (Wildman–Crippen MR) is 175 cm³/mol. The number of thiazole rings is 1. The highest BCUT2D eigenvalue weighted by atomic mass is 32.1. The van der Waals surface area contributed by atoms with E-state index < -0.39 is 0 Å². The van der Waals surface area contributed by atoms with Crippen LogP contribution in [-0.4, -0.2) is 29.1 Å². The van der Waals surface area contributed by atoms with Crippen molar-refractivity contribution in [3.8, 4) is 22.4 Å². The number of carbonyl (C=O) groups is 3. The lowest BCUT2D eigenvalue weighted by atomic mass is 9.99. The van der Waals surface area contributed by atoms with Gasteiger partial charge in [0.05, 0.1) is 11.4 Å². The molecular weight excluding hydrogens is 556 g/mol. The Morgan fingerprint density at radius 2 is 1.49 bits per heavy atom. The average molecular weight is 589 g/mol. The average Bonchev–Trinajstić information content (AvgIpc) is 3.35. The number of anilines is 3. The van der Waals surface area contributed by atoms with E-state index in [1.165, 1.54) is 11.3 Å². The number of nitrogens with one attached hydrogen (secondary N) is 1. The Labute approximate surface area is 255 Å². The predicted octanol–water partition coefficient (Wildman–Crippen LogP) is 7.50. The van der Waals surface area contributed by atoms with E-state index in [0.717, 1.165) is 32.9 Å². The van der Waals surface area contributed by atoms with Crippen LogP contribution in [0.1, 0.15) is 45.9 Å². The van der Waals surface area contributed by atoms with E-state index in [1.807, 2.05) is 85.8 Å². The monoisotopic (exact) mass is 588 g/mol. The SMILES string of the molecule is CCC(C)=O.Nc1nc2c(s1)CCN(C(=O)c1ccc(NC(=O)c3ccccc3-c3ccccc3)cc1)c1ccccc1-2. The maximum Gasteiger partial charge on any atom is 0.258 e. The summed E-state index contributed by atoms with van der Waals surface area (Å²) in [5, 5.41) is 3.51. The number of para-hydroxylation sites is 1. The minimum atomic E-state index is -0.206. The van der Waals surface area contributed by atoms with Crippen molar-refractivity contribution in [3.05, 3.63) is 119 Å². The standard InChI is InChI=1S/C31H24N4O2S.C4H8O/c32-31-34-28-25-12-6-7-13-26(25)35(19-18-27(28)38-31)30(37)21-14-16-22(17-15-21)33-29(36)24-11-5-4-10-23(24)20-8-2-1-3-9-20;1-3-4(2)5/h1-17H,18-19H2,(H2,32,34)(H,33,36);3H2,1-2H3. The van der Waals surface area contributed by atoms with Crippen LogP contribution in [0.25, 0.3) is 22.4 Å². The van der Waals surface area contributed by atoms with Crippen LogP contribution in [0, 0.1) is 0 Å². The third-order valence-electron chi connectivity index (χ3n) is 7.12. The van der Waals surface area contributed by atoms with Crippen molar-refractivity contribution < 1.29 is 14.4 Å². The van der Waals surface area contributed by atoms with Crippen molar-refractivity contribution in [3.63, 3.8) is 0 Å². The molecule has 0 radical (unpaired) electrons. The number of aromatic nitrogens is 1. The Hall–Kier alpha value is -5.08. The summed E-state index contributed by atoms with van der Waals surface area (Å²) in [6.45, 7) is 3.96. The first kappa shape index (κ1) is 29.4. The van der Waals surface area contributed by atoms with Gasteiger partial charge in [-0.05, 0) is 54.4 Å². The molecule has 2 heterocycles. The topological polar surface area (TPSA) is 105 Å². The minimum Gasteiger partial charge on any atom is -0.375 e. The summed E-state index contributed by atoms with van der Waals surface area (Å²) in [6, 6.07) is 32.2. The van der Waals surface area contributed by atoms with E-state index in [1.54, 1.807) is 36.1 Å². The molecule has 0 saturated carbocycles. The summed E-state index contributed by atoms with van der Waals surface area (Å²) in [4.78, 5) is 44.0. The Morgan fingerprint density at radius 3 is 2.19 bits per heavy atom. The Morgan fingerprint density at radius 1 is 0.860 bits per heavy atom. The summed E-state index contributed by atoms with van der Waals surface area (Å²) in [5.74, 6) is -0.0548. The molecule has 43 heavy (non-hydrogen) atoms. The van der Waals surface area contributed by atoms with Crippen molar-refractivity contribution in [2.24, 2.45) is 0 Å². The van der Waals surface area contributed by atoms with Gasteiger partial charge >= 0.3 is 0 Å². The first-order valence-corrected chi connectivity index (χ1v) is 14.9. The molecule has 2 amide bonds. The molecule has 0 unspecified atom stereocenters. The van der Waals surface area contributed by atoms with Crippen molar-refractivity contribution in [2.75, 3.05) is 22.5 Å². The van der Waals surface area contributed by atoms with Gasteiger partial charge in [-0.2, -0.15) is 0 Å². The largest absolute Gasteiger partial charge is 0.375 e. The molecule has 1 aromatic heterocycles. The lowest BCUT2D eigenvalue weighted by molar-refractivity contribution is -0.116. The second-order valence-corrected chi connectivity index (χ2v) is 11.2. The van der Waals surface area contributed by atoms with Gasteiger partial charge in [0.2, 0.25) is 0 Å². The first-order valence-electron chi connectivity index (χ1n) is 14.1. The fraction of sp³-hybridized carbons (Fsp3) is 0.143. The maximum absolute atomic E-state index is 13.6. The Balaban J connectivity index is 0.000000682. The van der Waals surface area contributed by atoms with Gasteiger partial charge in [-0.3, -0.25) is 9.59 Å². The zero-order chi connectivity index (χ0) is 30.3. The Kier molecular flexibility index (Phi) is 9.08. The molecule has 0 bridgehead atoms. The number of ketones is 1. The second-order valence-electron chi connectivity index (χ2n) is 10.0. The molecule has 3 N–H and O–H groups in total. The number of Topliss-reactive ketones (excluding diaryl/α,β-unsaturated/α-hetero) is 1. The number of rotatable bonds is 5. The van der Waals surface area contributed by atoms with Crippen LogP contribution in [0.4, 0.5) is 16.5 Å². The van der Waals surface area contributed by atoms with E-state index in [9.17, 15) is 14.4 Å². The summed E-state index contributed by atoms with van der Waals surface area (Å²) in [5.41, 5.74) is 12.1. The number of nitrogens with two attached hydrogens (primary N) is 1. The fourth-order valence-electron chi connectivity index (χ4n) is 4.80. The number of hydrogen-bond acceptors (Lipinski definition) is 6. The molecule has 7 nitrogen and oxygen atoms in total. The van der Waals surface area contributed by atoms with Gasteiger partial charge in [0.25, 0.3) is 11.8 Å². The molecule has 0 aliphatic carbocycles. The van der Waals surface area contributed by atoms with Crippen LogP contribution < -0.4 is 16.0 Å². The number of benzene rings is 4. The normalized spacial score (nSPS) is 11.7. The lowest BCUT2D eigenvalue weighted by Crippen LogP contribution is -2.32. The molecule has 1 aliphatic rings. The van der Waals surface area contributed by atoms with Crippen LogP contribution in [0.5, 0.6) is 0 Å². The zero-order valence-electron chi connectivity index (χ0n) is 24.0. The molecule has 8 heteroatoms. The van der Waals surface area contributed by atoms with Crippen LogP contribution >= 0.6 is 11.3 Å². The third-order valence-corrected chi connectivity index (χ3v) is 8.06. The molecular formula is C35H32N4O3S. The smallest absolute Gasteiger partial charge is 0.258 e. The van der Waals surface area contributed by atoms with Crippen LogP contribution in [0.15, 0.2) is 103 Å². The molecule has 0 spiro atoms. The van der Waals surface area contributed by atoms with Crippen LogP contribution in [0.3, 0.4) is 0 Å². The maximum atomic E-state index is 13.6. The van der Waals surface area contributed by atoms with Gasteiger partial charge in [-0.15, -0.1) is 11.3 Å². The number of hydrogen-bond donors (Lipinski definition) is 2. The van der Waals surface area contributed by atoms with Gasteiger partial charge in [-0.1, -0.05) is 73.7 Å². The molecule has 0 saturated heterocycles. The lowest BCUT2D eigenvalue weighted by Gasteiger charge is -2.23. The van der Waals surface area contributed by atoms with Crippen molar-refractivity contribution in [1.29, 1.82) is 0 Å². The summed E-state index contributed by atoms with van der Waals surface area (Å²) >= 11 is 1.47. The minimum absolute atomic E-state index is 0.104.